The van der Waals surface area contributed by atoms with Crippen molar-refractivity contribution in [2.45, 2.75) is 12.8 Å². The highest BCUT2D eigenvalue weighted by Crippen LogP contribution is 2.19. The molecule has 1 aromatic carbocycles. The third-order valence-corrected chi connectivity index (χ3v) is 4.16. The predicted octanol–water partition coefficient (Wildman–Crippen LogP) is 3.10. The van der Waals surface area contributed by atoms with Crippen molar-refractivity contribution < 1.29 is 4.79 Å². The van der Waals surface area contributed by atoms with Gasteiger partial charge in [0.15, 0.2) is 0 Å². The second-order valence-corrected chi connectivity index (χ2v) is 6.18. The zero-order valence-electron chi connectivity index (χ0n) is 10.4. The summed E-state index contributed by atoms with van der Waals surface area (Å²) in [4.78, 5) is 11.9. The average molecular weight is 415 g/mol. The summed E-state index contributed by atoms with van der Waals surface area (Å²) in [6.45, 7) is 2.88. The van der Waals surface area contributed by atoms with E-state index >= 15 is 0 Å². The summed E-state index contributed by atoms with van der Waals surface area (Å²) in [5, 5.41) is 6.77. The van der Waals surface area contributed by atoms with Crippen LogP contribution in [0.5, 0.6) is 0 Å². The van der Waals surface area contributed by atoms with Crippen molar-refractivity contribution in [1.82, 2.24) is 10.6 Å². The highest BCUT2D eigenvalue weighted by Gasteiger charge is 2.15. The van der Waals surface area contributed by atoms with E-state index in [1.807, 2.05) is 6.07 Å². The fourth-order valence-corrected chi connectivity index (χ4v) is 3.06. The van der Waals surface area contributed by atoms with Crippen LogP contribution >= 0.6 is 46.6 Å². The number of hydrogen-bond donors (Lipinski definition) is 2. The maximum Gasteiger partial charge on any atom is 0.252 e. The lowest BCUT2D eigenvalue weighted by Gasteiger charge is -2.10. The molecule has 1 aromatic rings. The molecule has 1 unspecified atom stereocenters. The molecule has 6 heteroatoms. The van der Waals surface area contributed by atoms with Gasteiger partial charge < -0.3 is 10.6 Å². The topological polar surface area (TPSA) is 41.1 Å². The van der Waals surface area contributed by atoms with E-state index in [0.29, 0.717) is 23.0 Å². The number of amides is 1. The van der Waals surface area contributed by atoms with E-state index in [1.165, 1.54) is 6.42 Å². The van der Waals surface area contributed by atoms with Gasteiger partial charge in [0.05, 0.1) is 10.6 Å². The molecule has 1 heterocycles. The second-order valence-electron chi connectivity index (χ2n) is 4.53. The summed E-state index contributed by atoms with van der Waals surface area (Å²) in [5.41, 5.74) is 0.557. The normalized spacial score (nSPS) is 17.9. The Morgan fingerprint density at radius 1 is 1.53 bits per heavy atom. The van der Waals surface area contributed by atoms with Gasteiger partial charge in [-0.05, 0) is 72.6 Å². The Morgan fingerprint density at radius 2 is 2.32 bits per heavy atom. The van der Waals surface area contributed by atoms with E-state index in [1.54, 1.807) is 12.1 Å². The van der Waals surface area contributed by atoms with Crippen molar-refractivity contribution in [2.75, 3.05) is 19.6 Å². The molecule has 106 valence electrons. The molecule has 3 nitrogen and oxygen atoms in total. The summed E-state index contributed by atoms with van der Waals surface area (Å²) in [6, 6.07) is 5.47. The van der Waals surface area contributed by atoms with E-state index in [9.17, 15) is 4.79 Å². The SMILES string of the molecule is Cl.O=C(NCCC1CCNC1)c1ccc(I)cc1Cl. The first-order valence-electron chi connectivity index (χ1n) is 6.11. The van der Waals surface area contributed by atoms with Crippen LogP contribution in [0.4, 0.5) is 0 Å². The smallest absolute Gasteiger partial charge is 0.252 e. The van der Waals surface area contributed by atoms with Crippen LogP contribution < -0.4 is 10.6 Å². The Bertz CT molecular complexity index is 437. The van der Waals surface area contributed by atoms with Crippen molar-refractivity contribution in [1.29, 1.82) is 0 Å². The summed E-state index contributed by atoms with van der Waals surface area (Å²) >= 11 is 8.23. The predicted molar refractivity (Wildman–Crippen MR) is 89.3 cm³/mol. The third kappa shape index (κ3) is 5.10. The highest BCUT2D eigenvalue weighted by atomic mass is 127. The van der Waals surface area contributed by atoms with Crippen LogP contribution in [-0.2, 0) is 0 Å². The Kier molecular flexibility index (Phi) is 7.42. The summed E-state index contributed by atoms with van der Waals surface area (Å²) in [5.74, 6) is 0.611. The first kappa shape index (κ1) is 17.0. The molecule has 0 radical (unpaired) electrons. The second kappa shape index (κ2) is 8.29. The lowest BCUT2D eigenvalue weighted by Crippen LogP contribution is -2.26. The van der Waals surface area contributed by atoms with Gasteiger partial charge in [-0.25, -0.2) is 0 Å². The van der Waals surface area contributed by atoms with Crippen LogP contribution in [0.15, 0.2) is 18.2 Å². The summed E-state index contributed by atoms with van der Waals surface area (Å²) < 4.78 is 1.03. The van der Waals surface area contributed by atoms with Gasteiger partial charge in [-0.15, -0.1) is 12.4 Å². The van der Waals surface area contributed by atoms with Gasteiger partial charge >= 0.3 is 0 Å². The van der Waals surface area contributed by atoms with Crippen molar-refractivity contribution in [2.24, 2.45) is 5.92 Å². The lowest BCUT2D eigenvalue weighted by molar-refractivity contribution is 0.0952. The van der Waals surface area contributed by atoms with Gasteiger partial charge in [-0.2, -0.15) is 0 Å². The molecule has 0 saturated carbocycles. The van der Waals surface area contributed by atoms with Crippen LogP contribution in [-0.4, -0.2) is 25.5 Å². The zero-order valence-corrected chi connectivity index (χ0v) is 14.1. The Labute approximate surface area is 138 Å². The standard InChI is InChI=1S/C13H16ClIN2O.ClH/c14-12-7-10(15)1-2-11(12)13(18)17-6-4-9-3-5-16-8-9;/h1-2,7,9,16H,3-6,8H2,(H,17,18);1H. The molecule has 2 N–H and O–H groups in total. The van der Waals surface area contributed by atoms with Gasteiger partial charge in [0, 0.05) is 10.1 Å². The van der Waals surface area contributed by atoms with Crippen LogP contribution in [0.1, 0.15) is 23.2 Å². The van der Waals surface area contributed by atoms with Gasteiger partial charge in [0.2, 0.25) is 0 Å². The molecule has 1 fully saturated rings. The van der Waals surface area contributed by atoms with E-state index in [-0.39, 0.29) is 18.3 Å². The number of benzene rings is 1. The minimum absolute atomic E-state index is 0. The van der Waals surface area contributed by atoms with Crippen molar-refractivity contribution >= 4 is 52.5 Å². The Balaban J connectivity index is 0.00000180. The molecule has 1 aliphatic rings. The molecule has 1 aliphatic heterocycles. The molecule has 1 saturated heterocycles. The zero-order chi connectivity index (χ0) is 13.0. The van der Waals surface area contributed by atoms with Gasteiger partial charge in [0.1, 0.15) is 0 Å². The number of carbonyl (C=O) groups excluding carboxylic acids is 1. The van der Waals surface area contributed by atoms with Crippen molar-refractivity contribution in [3.05, 3.63) is 32.4 Å². The van der Waals surface area contributed by atoms with Crippen molar-refractivity contribution in [3.63, 3.8) is 0 Å². The number of nitrogens with one attached hydrogen (secondary N) is 2. The fourth-order valence-electron chi connectivity index (χ4n) is 2.12. The molecule has 1 amide bonds. The molecule has 0 aromatic heterocycles. The number of halogens is 3. The van der Waals surface area contributed by atoms with E-state index in [2.05, 4.69) is 33.2 Å². The van der Waals surface area contributed by atoms with E-state index < -0.39 is 0 Å². The average Bonchev–Trinajstić information content (AvgIpc) is 2.81. The monoisotopic (exact) mass is 414 g/mol. The molecule has 0 spiro atoms. The van der Waals surface area contributed by atoms with Crippen LogP contribution in [0, 0.1) is 9.49 Å². The minimum atomic E-state index is -0.0812. The molecule has 19 heavy (non-hydrogen) atoms. The van der Waals surface area contributed by atoms with Gasteiger partial charge in [0.25, 0.3) is 5.91 Å². The number of rotatable bonds is 4. The van der Waals surface area contributed by atoms with Crippen LogP contribution in [0.3, 0.4) is 0 Å². The first-order chi connectivity index (χ1) is 8.66. The molecule has 0 aliphatic carbocycles. The third-order valence-electron chi connectivity index (χ3n) is 3.18. The number of carbonyl (C=O) groups is 1. The van der Waals surface area contributed by atoms with E-state index in [4.69, 9.17) is 11.6 Å². The number of hydrogen-bond acceptors (Lipinski definition) is 2. The van der Waals surface area contributed by atoms with Crippen LogP contribution in [0.2, 0.25) is 5.02 Å². The van der Waals surface area contributed by atoms with Crippen LogP contribution in [0.25, 0.3) is 0 Å². The summed E-state index contributed by atoms with van der Waals surface area (Å²) in [7, 11) is 0. The molecular formula is C13H17Cl2IN2O. The largest absolute Gasteiger partial charge is 0.352 e. The van der Waals surface area contributed by atoms with Crippen molar-refractivity contribution in [3.8, 4) is 0 Å². The Morgan fingerprint density at radius 3 is 2.95 bits per heavy atom. The quantitative estimate of drug-likeness (QED) is 0.743. The summed E-state index contributed by atoms with van der Waals surface area (Å²) in [6.07, 6.45) is 2.24. The van der Waals surface area contributed by atoms with Gasteiger partial charge in [-0.3, -0.25) is 4.79 Å². The fraction of sp³-hybridized carbons (Fsp3) is 0.462. The first-order valence-corrected chi connectivity index (χ1v) is 7.56. The highest BCUT2D eigenvalue weighted by molar-refractivity contribution is 14.1. The maximum absolute atomic E-state index is 11.9. The lowest BCUT2D eigenvalue weighted by atomic mass is 10.1. The van der Waals surface area contributed by atoms with Gasteiger partial charge in [-0.1, -0.05) is 11.6 Å². The molecule has 0 bridgehead atoms. The van der Waals surface area contributed by atoms with E-state index in [0.717, 1.165) is 23.1 Å². The molecular weight excluding hydrogens is 398 g/mol. The maximum atomic E-state index is 11.9. The Hall–Kier alpha value is -0.0400. The molecule has 2 rings (SSSR count). The molecule has 1 atom stereocenters. The minimum Gasteiger partial charge on any atom is -0.352 e.